The van der Waals surface area contributed by atoms with Gasteiger partial charge in [0.05, 0.1) is 12.6 Å². The molecule has 2 fully saturated rings. The van der Waals surface area contributed by atoms with E-state index in [1.807, 2.05) is 31.2 Å². The Morgan fingerprint density at radius 2 is 1.81 bits per heavy atom. The van der Waals surface area contributed by atoms with Crippen LogP contribution in [0.4, 0.5) is 0 Å². The summed E-state index contributed by atoms with van der Waals surface area (Å²) in [4.78, 5) is 58.6. The minimum absolute atomic E-state index is 0.00678. The lowest BCUT2D eigenvalue weighted by molar-refractivity contribution is -0.137. The zero-order valence-corrected chi connectivity index (χ0v) is 22.1. The van der Waals surface area contributed by atoms with Gasteiger partial charge in [-0.05, 0) is 54.0 Å². The molecule has 0 spiro atoms. The van der Waals surface area contributed by atoms with Crippen LogP contribution in [0, 0.1) is 5.92 Å². The first kappa shape index (κ1) is 26.5. The molecule has 1 N–H and O–H groups in total. The van der Waals surface area contributed by atoms with E-state index in [0.717, 1.165) is 0 Å². The number of fused-ring (bicyclic) bond motifs is 1. The van der Waals surface area contributed by atoms with Crippen LogP contribution >= 0.6 is 0 Å². The van der Waals surface area contributed by atoms with E-state index in [1.165, 1.54) is 5.56 Å². The molecule has 2 aliphatic heterocycles. The lowest BCUT2D eigenvalue weighted by Crippen LogP contribution is -2.44. The molecule has 2 aromatic rings. The molecule has 3 unspecified atom stereocenters. The van der Waals surface area contributed by atoms with Crippen LogP contribution in [-0.2, 0) is 15.0 Å². The molecule has 8 heteroatoms. The number of likely N-dealkylation sites (tertiary alicyclic amines) is 2. The molecule has 3 amide bonds. The van der Waals surface area contributed by atoms with Gasteiger partial charge in [-0.2, -0.15) is 0 Å². The quantitative estimate of drug-likeness (QED) is 0.624. The van der Waals surface area contributed by atoms with E-state index < -0.39 is 6.04 Å². The smallest absolute Gasteiger partial charge is 0.273 e. The summed E-state index contributed by atoms with van der Waals surface area (Å²) in [6.45, 7) is 9.30. The number of nitrogens with zero attached hydrogens (tertiary/aromatic N) is 3. The second-order valence-electron chi connectivity index (χ2n) is 11.2. The zero-order chi connectivity index (χ0) is 26.7. The number of nitrogens with one attached hydrogen (secondary N) is 1. The summed E-state index contributed by atoms with van der Waals surface area (Å²) >= 11 is 0. The SMILES string of the molecule is CC(CCNC(=O)c1ccc(C(C)(C)C)cc1)CC(=O)N1CCC2C1C(=O)CN2C(=O)c1ccccn1. The Kier molecular flexibility index (Phi) is 7.76. The van der Waals surface area contributed by atoms with Crippen molar-refractivity contribution in [3.63, 3.8) is 0 Å². The number of pyridine rings is 1. The largest absolute Gasteiger partial charge is 0.352 e. The molecule has 3 heterocycles. The minimum Gasteiger partial charge on any atom is -0.352 e. The summed E-state index contributed by atoms with van der Waals surface area (Å²) in [6, 6.07) is 11.9. The third kappa shape index (κ3) is 5.89. The van der Waals surface area contributed by atoms with Crippen molar-refractivity contribution in [1.82, 2.24) is 20.1 Å². The molecule has 37 heavy (non-hydrogen) atoms. The molecule has 1 aromatic heterocycles. The van der Waals surface area contributed by atoms with Crippen LogP contribution in [0.15, 0.2) is 48.7 Å². The van der Waals surface area contributed by atoms with Gasteiger partial charge in [0.1, 0.15) is 11.7 Å². The van der Waals surface area contributed by atoms with Gasteiger partial charge in [-0.25, -0.2) is 0 Å². The lowest BCUT2D eigenvalue weighted by atomic mass is 9.87. The maximum atomic E-state index is 13.1. The Hall–Kier alpha value is -3.55. The highest BCUT2D eigenvalue weighted by atomic mass is 16.2. The van der Waals surface area contributed by atoms with Crippen molar-refractivity contribution in [2.24, 2.45) is 5.92 Å². The number of aromatic nitrogens is 1. The molecule has 8 nitrogen and oxygen atoms in total. The number of hydrogen-bond acceptors (Lipinski definition) is 5. The Bertz CT molecular complexity index is 1160. The molecule has 196 valence electrons. The predicted molar refractivity (Wildman–Crippen MR) is 140 cm³/mol. The molecule has 0 bridgehead atoms. The average molecular weight is 505 g/mol. The topological polar surface area (TPSA) is 99.7 Å². The van der Waals surface area contributed by atoms with Crippen LogP contribution in [0.5, 0.6) is 0 Å². The van der Waals surface area contributed by atoms with Crippen LogP contribution in [-0.4, -0.2) is 70.0 Å². The van der Waals surface area contributed by atoms with E-state index in [4.69, 9.17) is 0 Å². The third-order valence-electron chi connectivity index (χ3n) is 7.35. The summed E-state index contributed by atoms with van der Waals surface area (Å²) in [5.74, 6) is -0.538. The van der Waals surface area contributed by atoms with Crippen molar-refractivity contribution in [2.45, 2.75) is 64.5 Å². The van der Waals surface area contributed by atoms with Crippen molar-refractivity contribution in [2.75, 3.05) is 19.6 Å². The standard InChI is InChI=1S/C29H36N4O4/c1-19(12-15-31-27(36)20-8-10-21(11-9-20)29(2,3)4)17-25(35)32-16-13-23-26(32)24(34)18-33(23)28(37)22-7-5-6-14-30-22/h5-11,14,19,23,26H,12-13,15-18H2,1-4H3,(H,31,36). The van der Waals surface area contributed by atoms with Gasteiger partial charge < -0.3 is 15.1 Å². The van der Waals surface area contributed by atoms with E-state index >= 15 is 0 Å². The van der Waals surface area contributed by atoms with Crippen LogP contribution in [0.1, 0.15) is 73.4 Å². The summed E-state index contributed by atoms with van der Waals surface area (Å²) in [5, 5.41) is 2.94. The second-order valence-corrected chi connectivity index (χ2v) is 11.2. The fourth-order valence-electron chi connectivity index (χ4n) is 5.18. The molecular formula is C29H36N4O4. The molecule has 0 saturated carbocycles. The van der Waals surface area contributed by atoms with Gasteiger partial charge >= 0.3 is 0 Å². The predicted octanol–water partition coefficient (Wildman–Crippen LogP) is 3.22. The second kappa shape index (κ2) is 10.8. The Morgan fingerprint density at radius 3 is 2.46 bits per heavy atom. The molecule has 1 aromatic carbocycles. The molecule has 0 radical (unpaired) electrons. The van der Waals surface area contributed by atoms with Gasteiger partial charge in [0, 0.05) is 31.3 Å². The molecule has 0 aliphatic carbocycles. The summed E-state index contributed by atoms with van der Waals surface area (Å²) in [6.07, 6.45) is 3.08. The Labute approximate surface area is 218 Å². The molecule has 4 rings (SSSR count). The fourth-order valence-corrected chi connectivity index (χ4v) is 5.18. The molecule has 3 atom stereocenters. The highest BCUT2D eigenvalue weighted by molar-refractivity contribution is 6.01. The molecule has 2 saturated heterocycles. The highest BCUT2D eigenvalue weighted by Gasteiger charge is 2.51. The maximum absolute atomic E-state index is 13.1. The van der Waals surface area contributed by atoms with Crippen molar-refractivity contribution in [1.29, 1.82) is 0 Å². The normalized spacial score (nSPS) is 20.1. The van der Waals surface area contributed by atoms with E-state index in [9.17, 15) is 19.2 Å². The first-order valence-corrected chi connectivity index (χ1v) is 13.0. The highest BCUT2D eigenvalue weighted by Crippen LogP contribution is 2.31. The van der Waals surface area contributed by atoms with Gasteiger partial charge in [0.25, 0.3) is 11.8 Å². The number of benzene rings is 1. The fraction of sp³-hybridized carbons (Fsp3) is 0.483. The van der Waals surface area contributed by atoms with Crippen molar-refractivity contribution in [3.8, 4) is 0 Å². The van der Waals surface area contributed by atoms with Gasteiger partial charge in [0.15, 0.2) is 5.78 Å². The summed E-state index contributed by atoms with van der Waals surface area (Å²) in [7, 11) is 0. The van der Waals surface area contributed by atoms with E-state index in [0.29, 0.717) is 43.6 Å². The summed E-state index contributed by atoms with van der Waals surface area (Å²) in [5.41, 5.74) is 2.12. The first-order chi connectivity index (χ1) is 17.6. The van der Waals surface area contributed by atoms with E-state index in [2.05, 4.69) is 31.1 Å². The maximum Gasteiger partial charge on any atom is 0.273 e. The number of hydrogen-bond donors (Lipinski definition) is 1. The van der Waals surface area contributed by atoms with E-state index in [1.54, 1.807) is 34.2 Å². The number of carbonyl (C=O) groups is 4. The zero-order valence-electron chi connectivity index (χ0n) is 22.1. The average Bonchev–Trinajstić information content (AvgIpc) is 3.45. The van der Waals surface area contributed by atoms with Crippen LogP contribution in [0.3, 0.4) is 0 Å². The van der Waals surface area contributed by atoms with Crippen LogP contribution < -0.4 is 5.32 Å². The number of carbonyl (C=O) groups excluding carboxylic acids is 4. The van der Waals surface area contributed by atoms with E-state index in [-0.39, 0.29) is 47.4 Å². The van der Waals surface area contributed by atoms with Crippen LogP contribution in [0.25, 0.3) is 0 Å². The lowest BCUT2D eigenvalue weighted by Gasteiger charge is -2.25. The number of Topliss-reactive ketones (excluding diaryl/α,β-unsaturated/α-hetero) is 1. The van der Waals surface area contributed by atoms with Gasteiger partial charge in [-0.3, -0.25) is 24.2 Å². The first-order valence-electron chi connectivity index (χ1n) is 13.0. The number of ketones is 1. The number of rotatable bonds is 7. The van der Waals surface area contributed by atoms with Gasteiger partial charge in [-0.15, -0.1) is 0 Å². The van der Waals surface area contributed by atoms with Crippen molar-refractivity contribution in [3.05, 3.63) is 65.5 Å². The molecule has 2 aliphatic rings. The van der Waals surface area contributed by atoms with Gasteiger partial charge in [-0.1, -0.05) is 45.9 Å². The Balaban J connectivity index is 1.26. The van der Waals surface area contributed by atoms with Crippen molar-refractivity contribution >= 4 is 23.5 Å². The Morgan fingerprint density at radius 1 is 1.08 bits per heavy atom. The number of amides is 3. The van der Waals surface area contributed by atoms with Gasteiger partial charge in [0.2, 0.25) is 5.91 Å². The minimum atomic E-state index is -0.580. The monoisotopic (exact) mass is 504 g/mol. The summed E-state index contributed by atoms with van der Waals surface area (Å²) < 4.78 is 0. The third-order valence-corrected chi connectivity index (χ3v) is 7.35. The van der Waals surface area contributed by atoms with Crippen LogP contribution in [0.2, 0.25) is 0 Å². The van der Waals surface area contributed by atoms with Crippen molar-refractivity contribution < 1.29 is 19.2 Å². The molecular weight excluding hydrogens is 468 g/mol.